The van der Waals surface area contributed by atoms with Crippen molar-refractivity contribution in [3.05, 3.63) is 94.0 Å². The fraction of sp³-hybridized carbons (Fsp3) is 0.0417. The lowest BCUT2D eigenvalue weighted by Crippen LogP contribution is -2.13. The topological polar surface area (TPSA) is 74.0 Å². The molecule has 5 nitrogen and oxygen atoms in total. The second-order valence-corrected chi connectivity index (χ2v) is 7.75. The van der Waals surface area contributed by atoms with E-state index in [9.17, 15) is 9.90 Å². The van der Waals surface area contributed by atoms with Crippen molar-refractivity contribution in [3.63, 3.8) is 0 Å². The standard InChI is InChI=1S/C24H17Cl2N3O2/c1-14-6-2-5-9-20(14)27-24(31)18-12-15-7-3-4-8-17(15)22(23(18)30)29-28-21-11-10-16(25)13-19(21)26/h2-13,30H,1H3,(H,27,31). The van der Waals surface area contributed by atoms with Gasteiger partial charge >= 0.3 is 0 Å². The predicted octanol–water partition coefficient (Wildman–Crippen LogP) is 7.83. The van der Waals surface area contributed by atoms with Gasteiger partial charge in [-0.15, -0.1) is 10.2 Å². The van der Waals surface area contributed by atoms with Crippen LogP contribution in [0, 0.1) is 6.92 Å². The summed E-state index contributed by atoms with van der Waals surface area (Å²) < 4.78 is 0. The number of carbonyl (C=O) groups is 1. The Kier molecular flexibility index (Phi) is 5.89. The van der Waals surface area contributed by atoms with Gasteiger partial charge in [-0.3, -0.25) is 4.79 Å². The minimum atomic E-state index is -0.446. The Morgan fingerprint density at radius 2 is 1.68 bits per heavy atom. The smallest absolute Gasteiger partial charge is 0.259 e. The normalized spacial score (nSPS) is 11.2. The highest BCUT2D eigenvalue weighted by molar-refractivity contribution is 6.36. The van der Waals surface area contributed by atoms with Crippen molar-refractivity contribution in [2.24, 2.45) is 10.2 Å². The molecule has 0 aliphatic heterocycles. The summed E-state index contributed by atoms with van der Waals surface area (Å²) in [6.45, 7) is 1.89. The van der Waals surface area contributed by atoms with Crippen LogP contribution in [-0.2, 0) is 0 Å². The number of nitrogens with zero attached hydrogens (tertiary/aromatic N) is 2. The quantitative estimate of drug-likeness (QED) is 0.311. The Morgan fingerprint density at radius 1 is 0.935 bits per heavy atom. The van der Waals surface area contributed by atoms with Crippen LogP contribution in [0.15, 0.2) is 83.0 Å². The number of phenols is 1. The Morgan fingerprint density at radius 3 is 2.45 bits per heavy atom. The van der Waals surface area contributed by atoms with Crippen LogP contribution in [0.1, 0.15) is 15.9 Å². The number of carbonyl (C=O) groups excluding carboxylic acids is 1. The van der Waals surface area contributed by atoms with Gasteiger partial charge in [-0.2, -0.15) is 0 Å². The van der Waals surface area contributed by atoms with E-state index >= 15 is 0 Å². The summed E-state index contributed by atoms with van der Waals surface area (Å²) in [5.41, 5.74) is 2.24. The molecular formula is C24H17Cl2N3O2. The van der Waals surface area contributed by atoms with Crippen LogP contribution in [0.2, 0.25) is 10.0 Å². The summed E-state index contributed by atoms with van der Waals surface area (Å²) in [6.07, 6.45) is 0. The monoisotopic (exact) mass is 449 g/mol. The molecule has 154 valence electrons. The SMILES string of the molecule is Cc1ccccc1NC(=O)c1cc2ccccc2c(N=Nc2ccc(Cl)cc2Cl)c1O. The Balaban J connectivity index is 1.79. The third kappa shape index (κ3) is 4.38. The van der Waals surface area contributed by atoms with Gasteiger partial charge in [0.15, 0.2) is 5.75 Å². The Bertz CT molecular complexity index is 1340. The van der Waals surface area contributed by atoms with E-state index in [1.165, 1.54) is 0 Å². The van der Waals surface area contributed by atoms with Crippen LogP contribution in [0.5, 0.6) is 5.75 Å². The summed E-state index contributed by atoms with van der Waals surface area (Å²) in [5.74, 6) is -0.711. The average molecular weight is 450 g/mol. The van der Waals surface area contributed by atoms with Crippen LogP contribution >= 0.6 is 23.2 Å². The Hall–Kier alpha value is -3.41. The number of para-hydroxylation sites is 1. The van der Waals surface area contributed by atoms with E-state index in [1.54, 1.807) is 36.4 Å². The third-order valence-electron chi connectivity index (χ3n) is 4.80. The van der Waals surface area contributed by atoms with Crippen LogP contribution in [0.25, 0.3) is 10.8 Å². The van der Waals surface area contributed by atoms with E-state index in [2.05, 4.69) is 15.5 Å². The third-order valence-corrected chi connectivity index (χ3v) is 5.34. The van der Waals surface area contributed by atoms with Gasteiger partial charge in [0, 0.05) is 16.1 Å². The summed E-state index contributed by atoms with van der Waals surface area (Å²) >= 11 is 12.1. The van der Waals surface area contributed by atoms with Gasteiger partial charge in [-0.25, -0.2) is 0 Å². The number of amides is 1. The zero-order chi connectivity index (χ0) is 22.0. The lowest BCUT2D eigenvalue weighted by atomic mass is 10.0. The van der Waals surface area contributed by atoms with Crippen molar-refractivity contribution in [2.75, 3.05) is 5.32 Å². The number of benzene rings is 4. The lowest BCUT2D eigenvalue weighted by Gasteiger charge is -2.12. The largest absolute Gasteiger partial charge is 0.505 e. The van der Waals surface area contributed by atoms with Gasteiger partial charge in [0.25, 0.3) is 5.91 Å². The number of phenolic OH excluding ortho intramolecular Hbond substituents is 1. The van der Waals surface area contributed by atoms with E-state index in [0.29, 0.717) is 26.8 Å². The molecule has 0 aliphatic rings. The summed E-state index contributed by atoms with van der Waals surface area (Å²) in [7, 11) is 0. The van der Waals surface area contributed by atoms with Crippen molar-refractivity contribution in [3.8, 4) is 5.75 Å². The molecule has 0 spiro atoms. The van der Waals surface area contributed by atoms with Gasteiger partial charge < -0.3 is 10.4 Å². The number of hydrogen-bond donors (Lipinski definition) is 2. The molecule has 0 atom stereocenters. The molecule has 0 saturated heterocycles. The minimum absolute atomic E-state index is 0.0955. The van der Waals surface area contributed by atoms with Crippen molar-refractivity contribution in [1.29, 1.82) is 0 Å². The molecule has 31 heavy (non-hydrogen) atoms. The van der Waals surface area contributed by atoms with E-state index in [4.69, 9.17) is 23.2 Å². The molecule has 4 aromatic rings. The number of fused-ring (bicyclic) bond motifs is 1. The van der Waals surface area contributed by atoms with E-state index < -0.39 is 5.91 Å². The van der Waals surface area contributed by atoms with Gasteiger partial charge in [-0.05, 0) is 48.2 Å². The van der Waals surface area contributed by atoms with Crippen molar-refractivity contribution in [1.82, 2.24) is 0 Å². The number of azo groups is 1. The lowest BCUT2D eigenvalue weighted by molar-refractivity contribution is 0.102. The Labute approximate surface area is 189 Å². The van der Waals surface area contributed by atoms with Crippen molar-refractivity contribution >= 4 is 56.9 Å². The molecule has 0 unspecified atom stereocenters. The molecular weight excluding hydrogens is 433 g/mol. The first-order chi connectivity index (χ1) is 14.9. The molecule has 4 aromatic carbocycles. The maximum atomic E-state index is 13.0. The molecule has 0 radical (unpaired) electrons. The molecule has 1 amide bonds. The minimum Gasteiger partial charge on any atom is -0.505 e. The second-order valence-electron chi connectivity index (χ2n) is 6.91. The highest BCUT2D eigenvalue weighted by Gasteiger charge is 2.19. The molecule has 0 aliphatic carbocycles. The van der Waals surface area contributed by atoms with Crippen molar-refractivity contribution in [2.45, 2.75) is 6.92 Å². The van der Waals surface area contributed by atoms with Gasteiger partial charge in [0.2, 0.25) is 0 Å². The molecule has 0 heterocycles. The number of halogens is 2. The highest BCUT2D eigenvalue weighted by atomic mass is 35.5. The predicted molar refractivity (Wildman–Crippen MR) is 125 cm³/mol. The average Bonchev–Trinajstić information content (AvgIpc) is 2.75. The summed E-state index contributed by atoms with van der Waals surface area (Å²) in [5, 5.41) is 24.4. The maximum Gasteiger partial charge on any atom is 0.259 e. The number of hydrogen-bond acceptors (Lipinski definition) is 4. The van der Waals surface area contributed by atoms with Gasteiger partial charge in [0.1, 0.15) is 11.4 Å². The highest BCUT2D eigenvalue weighted by Crippen LogP contribution is 2.40. The number of anilines is 1. The molecule has 7 heteroatoms. The van der Waals surface area contributed by atoms with Crippen LogP contribution in [0.3, 0.4) is 0 Å². The maximum absolute atomic E-state index is 13.0. The molecule has 0 bridgehead atoms. The zero-order valence-electron chi connectivity index (χ0n) is 16.4. The molecule has 0 saturated carbocycles. The van der Waals surface area contributed by atoms with Crippen LogP contribution in [0.4, 0.5) is 17.1 Å². The molecule has 2 N–H and O–H groups in total. The fourth-order valence-corrected chi connectivity index (χ4v) is 3.61. The second kappa shape index (κ2) is 8.76. The number of rotatable bonds is 4. The first-order valence-electron chi connectivity index (χ1n) is 9.42. The fourth-order valence-electron chi connectivity index (χ4n) is 3.16. The number of aryl methyl sites for hydroxylation is 1. The van der Waals surface area contributed by atoms with Crippen LogP contribution in [-0.4, -0.2) is 11.0 Å². The number of aromatic hydroxyl groups is 1. The molecule has 0 fully saturated rings. The van der Waals surface area contributed by atoms with Crippen LogP contribution < -0.4 is 5.32 Å². The van der Waals surface area contributed by atoms with E-state index in [0.717, 1.165) is 10.9 Å². The van der Waals surface area contributed by atoms with Crippen molar-refractivity contribution < 1.29 is 9.90 Å². The summed E-state index contributed by atoms with van der Waals surface area (Å²) in [6, 6.07) is 21.2. The van der Waals surface area contributed by atoms with E-state index in [1.807, 2.05) is 43.3 Å². The van der Waals surface area contributed by atoms with Gasteiger partial charge in [-0.1, -0.05) is 65.7 Å². The summed E-state index contributed by atoms with van der Waals surface area (Å²) in [4.78, 5) is 13.0. The first-order valence-corrected chi connectivity index (χ1v) is 10.2. The molecule has 0 aromatic heterocycles. The first kappa shape index (κ1) is 20.8. The number of nitrogens with one attached hydrogen (secondary N) is 1. The van der Waals surface area contributed by atoms with Gasteiger partial charge in [0.05, 0.1) is 10.6 Å². The zero-order valence-corrected chi connectivity index (χ0v) is 17.9. The molecule has 4 rings (SSSR count). The van der Waals surface area contributed by atoms with E-state index in [-0.39, 0.29) is 17.0 Å².